The van der Waals surface area contributed by atoms with E-state index in [1.807, 2.05) is 12.4 Å². The van der Waals surface area contributed by atoms with Crippen molar-refractivity contribution in [3.05, 3.63) is 30.4 Å². The van der Waals surface area contributed by atoms with Crippen molar-refractivity contribution in [2.75, 3.05) is 18.1 Å². The molecule has 1 atom stereocenters. The van der Waals surface area contributed by atoms with Crippen molar-refractivity contribution >= 4 is 11.5 Å². The Kier molecular flexibility index (Phi) is 5.78. The van der Waals surface area contributed by atoms with Gasteiger partial charge < -0.3 is 15.7 Å². The van der Waals surface area contributed by atoms with Crippen LogP contribution in [0, 0.1) is 12.5 Å². The second-order valence-electron chi connectivity index (χ2n) is 8.17. The monoisotopic (exact) mass is 403 g/mol. The molecule has 0 amide bonds. The van der Waals surface area contributed by atoms with Crippen molar-refractivity contribution in [2.24, 2.45) is 0 Å². The predicted octanol–water partition coefficient (Wildman–Crippen LogP) is 3.03. The summed E-state index contributed by atoms with van der Waals surface area (Å²) in [5.74, 6) is 0.850. The first-order valence-corrected chi connectivity index (χ1v) is 8.15. The number of fused-ring (bicyclic) bond motifs is 1. The van der Waals surface area contributed by atoms with Gasteiger partial charge in [0.1, 0.15) is 0 Å². The molecule has 1 radical (unpaired) electrons. The minimum Gasteiger partial charge on any atom is -0.414 e. The van der Waals surface area contributed by atoms with Crippen LogP contribution in [0.1, 0.15) is 47.1 Å². The van der Waals surface area contributed by atoms with E-state index in [4.69, 9.17) is 9.72 Å². The maximum Gasteiger partial charge on any atom is 0.154 e. The molecule has 1 unspecified atom stereocenters. The quantitative estimate of drug-likeness (QED) is 0.723. The standard InChI is InChI=1S/C18H26N4O.Y/c1-17(2,3)14-11-19-21-9-7-15(20-16(14)21)22(18(4,5)6)13-8-10-23-12-13;/h8-9,11,13H,10,12H2,1-6H3;/q-2;. The Balaban J connectivity index is 0.00000208. The number of anilines is 1. The van der Waals surface area contributed by atoms with Crippen LogP contribution in [0.3, 0.4) is 0 Å². The van der Waals surface area contributed by atoms with Gasteiger partial charge in [0.25, 0.3) is 0 Å². The first kappa shape index (κ1) is 19.8. The number of hydrogen-bond acceptors (Lipinski definition) is 4. The van der Waals surface area contributed by atoms with Gasteiger partial charge in [-0.1, -0.05) is 39.2 Å². The summed E-state index contributed by atoms with van der Waals surface area (Å²) in [5.41, 5.74) is 1.98. The first-order valence-electron chi connectivity index (χ1n) is 8.15. The molecule has 1 aliphatic rings. The molecule has 0 spiro atoms. The van der Waals surface area contributed by atoms with E-state index in [1.54, 1.807) is 4.52 Å². The molecule has 1 fully saturated rings. The molecule has 0 aromatic carbocycles. The summed E-state index contributed by atoms with van der Waals surface area (Å²) in [7, 11) is 0. The minimum absolute atomic E-state index is 0. The van der Waals surface area contributed by atoms with Crippen molar-refractivity contribution in [2.45, 2.75) is 58.5 Å². The molecular weight excluding hydrogens is 377 g/mol. The van der Waals surface area contributed by atoms with Gasteiger partial charge >= 0.3 is 0 Å². The summed E-state index contributed by atoms with van der Waals surface area (Å²) in [6.45, 7) is 14.5. The molecule has 0 saturated carbocycles. The normalized spacial score (nSPS) is 18.7. The topological polar surface area (TPSA) is 42.7 Å². The molecule has 2 aromatic rings. The van der Waals surface area contributed by atoms with Gasteiger partial charge in [0.05, 0.1) is 6.20 Å². The molecule has 3 rings (SSSR count). The van der Waals surface area contributed by atoms with Gasteiger partial charge in [-0.2, -0.15) is 5.10 Å². The van der Waals surface area contributed by atoms with Crippen LogP contribution in [0.2, 0.25) is 0 Å². The van der Waals surface area contributed by atoms with E-state index in [0.717, 1.165) is 17.0 Å². The number of rotatable bonds is 2. The molecule has 0 N–H and O–H groups in total. The Morgan fingerprint density at radius 3 is 2.54 bits per heavy atom. The van der Waals surface area contributed by atoms with Crippen LogP contribution < -0.4 is 4.90 Å². The molecule has 3 heterocycles. The molecule has 6 heteroatoms. The summed E-state index contributed by atoms with van der Waals surface area (Å²) in [6, 6.07) is 3.52. The summed E-state index contributed by atoms with van der Waals surface area (Å²) in [6.07, 6.45) is 5.99. The molecule has 1 aliphatic heterocycles. The van der Waals surface area contributed by atoms with Gasteiger partial charge in [-0.3, -0.25) is 15.9 Å². The molecule has 1 saturated heterocycles. The van der Waals surface area contributed by atoms with Crippen LogP contribution in [0.5, 0.6) is 0 Å². The van der Waals surface area contributed by atoms with E-state index >= 15 is 0 Å². The third-order valence-corrected chi connectivity index (χ3v) is 4.16. The summed E-state index contributed by atoms with van der Waals surface area (Å²) < 4.78 is 7.35. The number of hydrogen-bond donors (Lipinski definition) is 0. The predicted molar refractivity (Wildman–Crippen MR) is 91.7 cm³/mol. The van der Waals surface area contributed by atoms with Crippen LogP contribution in [0.15, 0.2) is 12.4 Å². The van der Waals surface area contributed by atoms with Crippen LogP contribution in [0.4, 0.5) is 5.82 Å². The van der Waals surface area contributed by atoms with Crippen molar-refractivity contribution in [1.82, 2.24) is 14.6 Å². The van der Waals surface area contributed by atoms with Gasteiger partial charge in [0.15, 0.2) is 5.65 Å². The molecular formula is C18H26N4OY-2. The van der Waals surface area contributed by atoms with Crippen molar-refractivity contribution in [1.29, 1.82) is 0 Å². The molecule has 0 aliphatic carbocycles. The Bertz CT molecular complexity index is 693. The van der Waals surface area contributed by atoms with E-state index < -0.39 is 0 Å². The van der Waals surface area contributed by atoms with E-state index in [9.17, 15) is 0 Å². The molecule has 5 nitrogen and oxygen atoms in total. The second kappa shape index (κ2) is 7.01. The molecule has 0 bridgehead atoms. The molecule has 129 valence electrons. The van der Waals surface area contributed by atoms with E-state index in [2.05, 4.69) is 64.0 Å². The van der Waals surface area contributed by atoms with E-state index in [-0.39, 0.29) is 49.7 Å². The van der Waals surface area contributed by atoms with Gasteiger partial charge in [0, 0.05) is 50.4 Å². The van der Waals surface area contributed by atoms with Crippen LogP contribution in [-0.2, 0) is 42.9 Å². The summed E-state index contributed by atoms with van der Waals surface area (Å²) >= 11 is 0. The van der Waals surface area contributed by atoms with Gasteiger partial charge in [-0.25, -0.2) is 0 Å². The zero-order chi connectivity index (χ0) is 16.8. The number of nitrogens with zero attached hydrogens (tertiary/aromatic N) is 4. The van der Waals surface area contributed by atoms with Crippen LogP contribution >= 0.6 is 0 Å². The second-order valence-corrected chi connectivity index (χ2v) is 8.17. The third-order valence-electron chi connectivity index (χ3n) is 4.16. The minimum atomic E-state index is -0.0708. The van der Waals surface area contributed by atoms with Crippen molar-refractivity contribution in [3.8, 4) is 0 Å². The summed E-state index contributed by atoms with van der Waals surface area (Å²) in [5, 5.41) is 4.42. The van der Waals surface area contributed by atoms with Crippen LogP contribution in [-0.4, -0.2) is 39.4 Å². The Morgan fingerprint density at radius 2 is 2.00 bits per heavy atom. The van der Waals surface area contributed by atoms with Crippen molar-refractivity contribution in [3.63, 3.8) is 0 Å². The zero-order valence-corrected chi connectivity index (χ0v) is 18.3. The Hall–Kier alpha value is -0.516. The largest absolute Gasteiger partial charge is 0.414 e. The SMILES string of the molecule is CC(C)(C)c1cnn2c[c-]c(N(C3[CH-]COC3)C(C)(C)C)nc12.[Y]. The van der Waals surface area contributed by atoms with Crippen LogP contribution in [0.25, 0.3) is 5.65 Å². The third kappa shape index (κ3) is 3.83. The molecule has 24 heavy (non-hydrogen) atoms. The smallest absolute Gasteiger partial charge is 0.154 e. The van der Waals surface area contributed by atoms with Gasteiger partial charge in [0.2, 0.25) is 0 Å². The summed E-state index contributed by atoms with van der Waals surface area (Å²) in [4.78, 5) is 7.20. The average Bonchev–Trinajstić information content (AvgIpc) is 3.04. The maximum atomic E-state index is 5.55. The van der Waals surface area contributed by atoms with Gasteiger partial charge in [-0.05, 0) is 26.2 Å². The fourth-order valence-electron chi connectivity index (χ4n) is 3.05. The van der Waals surface area contributed by atoms with E-state index in [0.29, 0.717) is 13.2 Å². The first-order chi connectivity index (χ1) is 10.7. The number of ether oxygens (including phenoxy) is 1. The van der Waals surface area contributed by atoms with Gasteiger partial charge in [-0.15, -0.1) is 6.20 Å². The Morgan fingerprint density at radius 1 is 1.29 bits per heavy atom. The fourth-order valence-corrected chi connectivity index (χ4v) is 3.05. The number of aromatic nitrogens is 3. The van der Waals surface area contributed by atoms with Crippen molar-refractivity contribution < 1.29 is 37.4 Å². The fraction of sp³-hybridized carbons (Fsp3) is 0.611. The maximum absolute atomic E-state index is 5.55. The Labute approximate surface area is 170 Å². The molecule has 2 aromatic heterocycles. The average molecular weight is 403 g/mol. The zero-order valence-electron chi connectivity index (χ0n) is 15.5. The van der Waals surface area contributed by atoms with E-state index in [1.165, 1.54) is 0 Å².